The van der Waals surface area contributed by atoms with Gasteiger partial charge in [-0.2, -0.15) is 5.26 Å². The summed E-state index contributed by atoms with van der Waals surface area (Å²) in [6.07, 6.45) is 18.3. The molecule has 0 aliphatic heterocycles. The lowest BCUT2D eigenvalue weighted by Gasteiger charge is -2.30. The smallest absolute Gasteiger partial charge is 0.0901 e. The molecule has 0 amide bonds. The average molecular weight is 303 g/mol. The lowest BCUT2D eigenvalue weighted by atomic mass is 9.76. The number of nitrogens with zero attached hydrogens (tertiary/aromatic N) is 1. The second-order valence-electron chi connectivity index (χ2n) is 7.42. The van der Waals surface area contributed by atoms with Crippen molar-refractivity contribution in [1.82, 2.24) is 0 Å². The van der Waals surface area contributed by atoms with Gasteiger partial charge in [0.15, 0.2) is 0 Å². The first-order valence-corrected chi connectivity index (χ1v) is 9.48. The van der Waals surface area contributed by atoms with Gasteiger partial charge in [0.1, 0.15) is 0 Å². The molecule has 0 heterocycles. The summed E-state index contributed by atoms with van der Waals surface area (Å²) >= 11 is 0. The first-order chi connectivity index (χ1) is 10.8. The van der Waals surface area contributed by atoms with E-state index in [0.717, 1.165) is 43.6 Å². The summed E-state index contributed by atoms with van der Waals surface area (Å²) in [5.74, 6) is 3.00. The summed E-state index contributed by atoms with van der Waals surface area (Å²) in [6, 6.07) is 2.44. The Labute approximate surface area is 136 Å². The van der Waals surface area contributed by atoms with Gasteiger partial charge < -0.3 is 4.74 Å². The Kier molecular flexibility index (Phi) is 7.85. The molecule has 2 heteroatoms. The van der Waals surface area contributed by atoms with Gasteiger partial charge >= 0.3 is 0 Å². The molecule has 2 aliphatic rings. The number of hydrogen-bond donors (Lipinski definition) is 0. The van der Waals surface area contributed by atoms with Crippen LogP contribution in [0.4, 0.5) is 0 Å². The van der Waals surface area contributed by atoms with Crippen molar-refractivity contribution in [1.29, 1.82) is 5.26 Å². The fourth-order valence-corrected chi connectivity index (χ4v) is 4.09. The quantitative estimate of drug-likeness (QED) is 0.553. The normalized spacial score (nSPS) is 32.7. The van der Waals surface area contributed by atoms with Gasteiger partial charge in [0.25, 0.3) is 0 Å². The van der Waals surface area contributed by atoms with Crippen LogP contribution in [0.3, 0.4) is 0 Å². The maximum Gasteiger partial charge on any atom is 0.0901 e. The molecule has 22 heavy (non-hydrogen) atoms. The summed E-state index contributed by atoms with van der Waals surface area (Å²) in [4.78, 5) is 0. The molecule has 0 aromatic carbocycles. The molecule has 0 radical (unpaired) electrons. The lowest BCUT2D eigenvalue weighted by Crippen LogP contribution is -2.19. The Morgan fingerprint density at radius 2 is 1.45 bits per heavy atom. The first kappa shape index (κ1) is 17.4. The van der Waals surface area contributed by atoms with Crippen molar-refractivity contribution in [3.05, 3.63) is 12.3 Å². The van der Waals surface area contributed by atoms with E-state index in [1.54, 1.807) is 0 Å². The van der Waals surface area contributed by atoms with Crippen LogP contribution in [0.25, 0.3) is 0 Å². The number of allylic oxidation sites excluding steroid dienone is 1. The summed E-state index contributed by atoms with van der Waals surface area (Å²) in [7, 11) is 0. The van der Waals surface area contributed by atoms with E-state index in [1.165, 1.54) is 51.4 Å². The molecule has 0 spiro atoms. The zero-order chi connectivity index (χ0) is 15.6. The van der Waals surface area contributed by atoms with E-state index >= 15 is 0 Å². The van der Waals surface area contributed by atoms with Gasteiger partial charge in [0.2, 0.25) is 0 Å². The zero-order valence-corrected chi connectivity index (χ0v) is 14.3. The van der Waals surface area contributed by atoms with E-state index in [4.69, 9.17) is 10.00 Å². The molecular formula is C20H33NO. The highest BCUT2D eigenvalue weighted by atomic mass is 16.5. The Hall–Kier alpha value is -0.970. The van der Waals surface area contributed by atoms with Crippen LogP contribution < -0.4 is 0 Å². The molecule has 0 aromatic heterocycles. The fourth-order valence-electron chi connectivity index (χ4n) is 4.09. The van der Waals surface area contributed by atoms with Crippen molar-refractivity contribution in [2.45, 2.75) is 77.6 Å². The molecule has 2 fully saturated rings. The summed E-state index contributed by atoms with van der Waals surface area (Å²) < 4.78 is 5.62. The van der Waals surface area contributed by atoms with Crippen LogP contribution in [-0.2, 0) is 4.74 Å². The maximum absolute atomic E-state index is 8.96. The van der Waals surface area contributed by atoms with Crippen molar-refractivity contribution in [2.24, 2.45) is 23.7 Å². The van der Waals surface area contributed by atoms with E-state index in [1.807, 2.05) is 6.26 Å². The van der Waals surface area contributed by atoms with E-state index in [-0.39, 0.29) is 0 Å². The number of ether oxygens (including phenoxy) is 1. The van der Waals surface area contributed by atoms with Crippen LogP contribution in [0, 0.1) is 35.0 Å². The van der Waals surface area contributed by atoms with Crippen LogP contribution in [-0.4, -0.2) is 6.61 Å². The predicted molar refractivity (Wildman–Crippen MR) is 91.1 cm³/mol. The molecule has 0 atom stereocenters. The number of rotatable bonds is 7. The van der Waals surface area contributed by atoms with Gasteiger partial charge in [-0.3, -0.25) is 0 Å². The number of nitriles is 1. The average Bonchev–Trinajstić information content (AvgIpc) is 2.58. The maximum atomic E-state index is 8.96. The predicted octanol–water partition coefficient (Wildman–Crippen LogP) is 5.84. The SMILES string of the molecule is CC/C=C\OC[C@H]1CC[C@H](CC[C@H]2CC[C@H](C#N)CC2)CC1. The van der Waals surface area contributed by atoms with E-state index in [9.17, 15) is 0 Å². The Morgan fingerprint density at radius 1 is 0.909 bits per heavy atom. The Bertz CT molecular complexity index is 354. The minimum Gasteiger partial charge on any atom is -0.501 e. The van der Waals surface area contributed by atoms with Crippen LogP contribution in [0.2, 0.25) is 0 Å². The van der Waals surface area contributed by atoms with Crippen LogP contribution in [0.15, 0.2) is 12.3 Å². The monoisotopic (exact) mass is 303 g/mol. The lowest BCUT2D eigenvalue weighted by molar-refractivity contribution is 0.142. The van der Waals surface area contributed by atoms with Crippen molar-refractivity contribution in [3.63, 3.8) is 0 Å². The highest BCUT2D eigenvalue weighted by Gasteiger charge is 2.24. The summed E-state index contributed by atoms with van der Waals surface area (Å²) in [6.45, 7) is 3.05. The number of hydrogen-bond acceptors (Lipinski definition) is 2. The minimum atomic E-state index is 0.355. The van der Waals surface area contributed by atoms with E-state index < -0.39 is 0 Å². The van der Waals surface area contributed by atoms with Crippen LogP contribution in [0.1, 0.15) is 77.6 Å². The van der Waals surface area contributed by atoms with Crippen molar-refractivity contribution < 1.29 is 4.74 Å². The highest BCUT2D eigenvalue weighted by molar-refractivity contribution is 4.87. The standard InChI is InChI=1S/C20H33NO/c1-2-3-14-22-16-20-12-8-18(9-13-20)5-4-17-6-10-19(15-21)11-7-17/h3,14,17-20H,2,4-13,16H2,1H3/b14-3-/t17-,18-,19-,20-. The van der Waals surface area contributed by atoms with E-state index in [0.29, 0.717) is 5.92 Å². The third-order valence-corrected chi connectivity index (χ3v) is 5.74. The molecular weight excluding hydrogens is 270 g/mol. The molecule has 0 aromatic rings. The Balaban J connectivity index is 1.54. The Morgan fingerprint density at radius 3 is 2.00 bits per heavy atom. The van der Waals surface area contributed by atoms with Crippen LogP contribution >= 0.6 is 0 Å². The fraction of sp³-hybridized carbons (Fsp3) is 0.850. The topological polar surface area (TPSA) is 33.0 Å². The second-order valence-corrected chi connectivity index (χ2v) is 7.42. The van der Waals surface area contributed by atoms with Gasteiger partial charge in [-0.15, -0.1) is 0 Å². The van der Waals surface area contributed by atoms with Crippen LogP contribution in [0.5, 0.6) is 0 Å². The van der Waals surface area contributed by atoms with Gasteiger partial charge in [-0.05, 0) is 62.7 Å². The molecule has 0 bridgehead atoms. The third-order valence-electron chi connectivity index (χ3n) is 5.74. The largest absolute Gasteiger partial charge is 0.501 e. The molecule has 2 nitrogen and oxygen atoms in total. The van der Waals surface area contributed by atoms with Crippen molar-refractivity contribution in [3.8, 4) is 6.07 Å². The molecule has 2 aliphatic carbocycles. The molecule has 124 valence electrons. The molecule has 0 unspecified atom stereocenters. The minimum absolute atomic E-state index is 0.355. The van der Waals surface area contributed by atoms with Gasteiger partial charge in [0, 0.05) is 5.92 Å². The van der Waals surface area contributed by atoms with Gasteiger partial charge in [-0.1, -0.05) is 38.7 Å². The molecule has 0 N–H and O–H groups in total. The first-order valence-electron chi connectivity index (χ1n) is 9.48. The summed E-state index contributed by atoms with van der Waals surface area (Å²) in [5, 5.41) is 8.96. The third kappa shape index (κ3) is 6.03. The molecule has 0 saturated heterocycles. The summed E-state index contributed by atoms with van der Waals surface area (Å²) in [5.41, 5.74) is 0. The zero-order valence-electron chi connectivity index (χ0n) is 14.3. The highest BCUT2D eigenvalue weighted by Crippen LogP contribution is 2.36. The second kappa shape index (κ2) is 9.93. The molecule has 2 rings (SSSR count). The molecule has 2 saturated carbocycles. The van der Waals surface area contributed by atoms with E-state index in [2.05, 4.69) is 19.1 Å². The van der Waals surface area contributed by atoms with Gasteiger partial charge in [0.05, 0.1) is 18.9 Å². The van der Waals surface area contributed by atoms with Gasteiger partial charge in [-0.25, -0.2) is 0 Å². The van der Waals surface area contributed by atoms with Crippen molar-refractivity contribution in [2.75, 3.05) is 6.61 Å². The van der Waals surface area contributed by atoms with Crippen molar-refractivity contribution >= 4 is 0 Å².